The summed E-state index contributed by atoms with van der Waals surface area (Å²) < 4.78 is 0. The second kappa shape index (κ2) is 6.92. The van der Waals surface area contributed by atoms with Gasteiger partial charge in [-0.1, -0.05) is 25.9 Å². The van der Waals surface area contributed by atoms with Gasteiger partial charge in [-0.2, -0.15) is 0 Å². The fraction of sp³-hybridized carbons (Fsp3) is 0.857. The van der Waals surface area contributed by atoms with Crippen LogP contribution < -0.4 is 5.73 Å². The molecule has 1 aliphatic rings. The van der Waals surface area contributed by atoms with E-state index >= 15 is 0 Å². The van der Waals surface area contributed by atoms with Gasteiger partial charge >= 0.3 is 0 Å². The van der Waals surface area contributed by atoms with Gasteiger partial charge in [0, 0.05) is 25.7 Å². The Morgan fingerprint density at radius 3 is 2.40 bits per heavy atom. The minimum absolute atomic E-state index is 0.00986. The van der Waals surface area contributed by atoms with Crippen molar-refractivity contribution in [1.82, 2.24) is 9.80 Å². The van der Waals surface area contributed by atoms with Crippen molar-refractivity contribution in [3.63, 3.8) is 0 Å². The van der Waals surface area contributed by atoms with E-state index in [2.05, 4.69) is 24.0 Å². The summed E-state index contributed by atoms with van der Waals surface area (Å²) in [4.78, 5) is 17.0. The van der Waals surface area contributed by atoms with Crippen LogP contribution in [0.4, 0.5) is 0 Å². The maximum absolute atomic E-state index is 12.9. The zero-order valence-electron chi connectivity index (χ0n) is 13.1. The lowest BCUT2D eigenvalue weighted by molar-refractivity contribution is -0.141. The smallest absolute Gasteiger partial charge is 0.236 e. The first-order valence-corrected chi connectivity index (χ1v) is 7.44. The van der Waals surface area contributed by atoms with Crippen LogP contribution in [0.2, 0.25) is 0 Å². The van der Waals surface area contributed by atoms with Crippen molar-refractivity contribution >= 4 is 11.7 Å². The van der Waals surface area contributed by atoms with E-state index in [1.807, 2.05) is 18.7 Å². The molecule has 0 aromatic rings. The lowest BCUT2D eigenvalue weighted by Crippen LogP contribution is -2.58. The highest BCUT2D eigenvalue weighted by Crippen LogP contribution is 2.30. The van der Waals surface area contributed by atoms with E-state index in [0.29, 0.717) is 32.0 Å². The molecular weight excluding hydrogens is 256 g/mol. The SMILES string of the molecule is CCC1CN(C(=O)C(CC)(CC)C(N)=NO)CCN1C. The number of amides is 1. The normalized spacial score (nSPS) is 22.1. The fourth-order valence-corrected chi connectivity index (χ4v) is 2.99. The number of rotatable bonds is 5. The number of piperazine rings is 1. The van der Waals surface area contributed by atoms with E-state index in [9.17, 15) is 4.79 Å². The highest BCUT2D eigenvalue weighted by Gasteiger charge is 2.43. The Labute approximate surface area is 121 Å². The number of carbonyl (C=O) groups excluding carboxylic acids is 1. The lowest BCUT2D eigenvalue weighted by atomic mass is 9.79. The molecule has 0 spiro atoms. The van der Waals surface area contributed by atoms with Crippen LogP contribution in [0.25, 0.3) is 0 Å². The number of oxime groups is 1. The summed E-state index contributed by atoms with van der Waals surface area (Å²) in [5.41, 5.74) is 4.95. The fourth-order valence-electron chi connectivity index (χ4n) is 2.99. The summed E-state index contributed by atoms with van der Waals surface area (Å²) >= 11 is 0. The largest absolute Gasteiger partial charge is 0.409 e. The predicted octanol–water partition coefficient (Wildman–Crippen LogP) is 1.09. The molecule has 1 rings (SSSR count). The molecule has 1 unspecified atom stereocenters. The number of hydrogen-bond donors (Lipinski definition) is 2. The summed E-state index contributed by atoms with van der Waals surface area (Å²) in [6, 6.07) is 0.381. The molecule has 1 heterocycles. The number of amidine groups is 1. The van der Waals surface area contributed by atoms with Gasteiger partial charge in [-0.25, -0.2) is 0 Å². The summed E-state index contributed by atoms with van der Waals surface area (Å²) in [5.74, 6) is 0.0174. The molecule has 1 amide bonds. The van der Waals surface area contributed by atoms with Gasteiger partial charge in [0.25, 0.3) is 0 Å². The van der Waals surface area contributed by atoms with Gasteiger partial charge in [-0.15, -0.1) is 0 Å². The zero-order valence-corrected chi connectivity index (χ0v) is 13.1. The van der Waals surface area contributed by atoms with E-state index in [1.54, 1.807) is 0 Å². The first-order valence-electron chi connectivity index (χ1n) is 7.44. The molecule has 1 fully saturated rings. The van der Waals surface area contributed by atoms with E-state index in [0.717, 1.165) is 13.0 Å². The van der Waals surface area contributed by atoms with Crippen molar-refractivity contribution in [3.05, 3.63) is 0 Å². The molecule has 1 saturated heterocycles. The molecule has 116 valence electrons. The minimum atomic E-state index is -0.872. The quantitative estimate of drug-likeness (QED) is 0.343. The Morgan fingerprint density at radius 1 is 1.35 bits per heavy atom. The van der Waals surface area contributed by atoms with Crippen molar-refractivity contribution in [1.29, 1.82) is 0 Å². The number of nitrogens with two attached hydrogens (primary N) is 1. The van der Waals surface area contributed by atoms with E-state index < -0.39 is 5.41 Å². The van der Waals surface area contributed by atoms with E-state index in [4.69, 9.17) is 10.9 Å². The van der Waals surface area contributed by atoms with Crippen LogP contribution in [0.1, 0.15) is 40.0 Å². The summed E-state index contributed by atoms with van der Waals surface area (Å²) in [6.45, 7) is 8.23. The molecular formula is C14H28N4O2. The molecule has 0 bridgehead atoms. The van der Waals surface area contributed by atoms with Crippen molar-refractivity contribution < 1.29 is 10.0 Å². The van der Waals surface area contributed by atoms with Crippen molar-refractivity contribution in [2.45, 2.75) is 46.1 Å². The van der Waals surface area contributed by atoms with Gasteiger partial charge in [-0.3, -0.25) is 9.69 Å². The maximum atomic E-state index is 12.9. The van der Waals surface area contributed by atoms with Crippen molar-refractivity contribution in [2.75, 3.05) is 26.7 Å². The zero-order chi connectivity index (χ0) is 15.3. The number of carbonyl (C=O) groups is 1. The number of likely N-dealkylation sites (N-methyl/N-ethyl adjacent to an activating group) is 1. The van der Waals surface area contributed by atoms with Gasteiger partial charge in [-0.05, 0) is 26.3 Å². The third-order valence-electron chi connectivity index (χ3n) is 4.75. The molecule has 0 aromatic carbocycles. The third-order valence-corrected chi connectivity index (χ3v) is 4.75. The summed E-state index contributed by atoms with van der Waals surface area (Å²) in [5, 5.41) is 12.1. The number of hydrogen-bond acceptors (Lipinski definition) is 4. The molecule has 6 heteroatoms. The molecule has 0 aliphatic carbocycles. The van der Waals surface area contributed by atoms with E-state index in [1.165, 1.54) is 0 Å². The van der Waals surface area contributed by atoms with Crippen molar-refractivity contribution in [2.24, 2.45) is 16.3 Å². The second-order valence-electron chi connectivity index (χ2n) is 5.57. The minimum Gasteiger partial charge on any atom is -0.409 e. The van der Waals surface area contributed by atoms with Gasteiger partial charge in [0.15, 0.2) is 5.84 Å². The third kappa shape index (κ3) is 2.90. The molecule has 1 aliphatic heterocycles. The van der Waals surface area contributed by atoms with Crippen LogP contribution in [-0.2, 0) is 4.79 Å². The Bertz CT molecular complexity index is 366. The molecule has 0 radical (unpaired) electrons. The Hall–Kier alpha value is -1.30. The highest BCUT2D eigenvalue weighted by atomic mass is 16.4. The topological polar surface area (TPSA) is 82.2 Å². The van der Waals surface area contributed by atoms with E-state index in [-0.39, 0.29) is 11.7 Å². The van der Waals surface area contributed by atoms with Gasteiger partial charge in [0.05, 0.1) is 0 Å². The van der Waals surface area contributed by atoms with Gasteiger partial charge in [0.1, 0.15) is 5.41 Å². The van der Waals surface area contributed by atoms with Crippen LogP contribution in [0.5, 0.6) is 0 Å². The second-order valence-corrected chi connectivity index (χ2v) is 5.57. The summed E-state index contributed by atoms with van der Waals surface area (Å²) in [7, 11) is 2.09. The Kier molecular flexibility index (Phi) is 5.80. The van der Waals surface area contributed by atoms with Crippen LogP contribution in [0.15, 0.2) is 5.16 Å². The molecule has 0 saturated carbocycles. The monoisotopic (exact) mass is 284 g/mol. The Balaban J connectivity index is 2.96. The predicted molar refractivity (Wildman–Crippen MR) is 79.7 cm³/mol. The van der Waals surface area contributed by atoms with Crippen LogP contribution in [0.3, 0.4) is 0 Å². The molecule has 20 heavy (non-hydrogen) atoms. The van der Waals surface area contributed by atoms with Crippen molar-refractivity contribution in [3.8, 4) is 0 Å². The number of nitrogens with zero attached hydrogens (tertiary/aromatic N) is 3. The van der Waals surface area contributed by atoms with Crippen LogP contribution in [0, 0.1) is 5.41 Å². The van der Waals surface area contributed by atoms with Gasteiger partial charge < -0.3 is 15.8 Å². The maximum Gasteiger partial charge on any atom is 0.236 e. The highest BCUT2D eigenvalue weighted by molar-refractivity contribution is 6.06. The first-order chi connectivity index (χ1) is 9.46. The summed E-state index contributed by atoms with van der Waals surface area (Å²) in [6.07, 6.45) is 2.10. The first kappa shape index (κ1) is 16.8. The molecule has 3 N–H and O–H groups in total. The average Bonchev–Trinajstić information content (AvgIpc) is 2.48. The van der Waals surface area contributed by atoms with Gasteiger partial charge in [0.2, 0.25) is 5.91 Å². The standard InChI is InChI=1S/C14H28N4O2/c1-5-11-10-18(9-8-17(11)4)13(19)14(6-2,7-3)12(15)16-20/h11,20H,5-10H2,1-4H3,(H2,15,16). The average molecular weight is 284 g/mol. The molecule has 0 aromatic heterocycles. The lowest BCUT2D eigenvalue weighted by Gasteiger charge is -2.43. The van der Waals surface area contributed by atoms with Crippen LogP contribution in [-0.4, -0.2) is 59.5 Å². The molecule has 6 nitrogen and oxygen atoms in total. The Morgan fingerprint density at radius 2 is 1.95 bits per heavy atom. The molecule has 1 atom stereocenters. The van der Waals surface area contributed by atoms with Crippen LogP contribution >= 0.6 is 0 Å².